The molecule has 4 heteroatoms. The maximum absolute atomic E-state index is 12.9. The second kappa shape index (κ2) is 5.49. The van der Waals surface area contributed by atoms with Gasteiger partial charge < -0.3 is 9.30 Å². The first-order valence-corrected chi connectivity index (χ1v) is 5.70. The van der Waals surface area contributed by atoms with Crippen LogP contribution in [0.4, 0.5) is 4.39 Å². The molecule has 94 valence electrons. The zero-order valence-corrected chi connectivity index (χ0v) is 10.1. The zero-order valence-electron chi connectivity index (χ0n) is 10.1. The molecular formula is C14H14FNO2. The molecule has 0 unspecified atom stereocenters. The average molecular weight is 247 g/mol. The summed E-state index contributed by atoms with van der Waals surface area (Å²) in [6.45, 7) is 2.65. The van der Waals surface area contributed by atoms with Crippen LogP contribution in [0.1, 0.15) is 5.56 Å². The summed E-state index contributed by atoms with van der Waals surface area (Å²) in [6.07, 6.45) is 1.18. The summed E-state index contributed by atoms with van der Waals surface area (Å²) in [5, 5.41) is 0. The predicted octanol–water partition coefficient (Wildman–Crippen LogP) is 2.37. The molecule has 0 amide bonds. The van der Waals surface area contributed by atoms with Crippen molar-refractivity contribution in [2.24, 2.45) is 0 Å². The van der Waals surface area contributed by atoms with Crippen molar-refractivity contribution in [3.05, 3.63) is 64.3 Å². The van der Waals surface area contributed by atoms with E-state index in [9.17, 15) is 9.18 Å². The largest absolute Gasteiger partial charge is 0.492 e. The van der Waals surface area contributed by atoms with Gasteiger partial charge in [0.25, 0.3) is 5.56 Å². The summed E-state index contributed by atoms with van der Waals surface area (Å²) in [5.74, 6) is 0.315. The van der Waals surface area contributed by atoms with E-state index in [1.54, 1.807) is 0 Å². The molecule has 0 fully saturated rings. The van der Waals surface area contributed by atoms with E-state index in [2.05, 4.69) is 0 Å². The molecule has 0 saturated heterocycles. The number of hydrogen-bond donors (Lipinski definition) is 0. The van der Waals surface area contributed by atoms with Gasteiger partial charge in [-0.1, -0.05) is 17.7 Å². The van der Waals surface area contributed by atoms with Crippen LogP contribution in [0, 0.1) is 12.7 Å². The van der Waals surface area contributed by atoms with Gasteiger partial charge in [-0.3, -0.25) is 4.79 Å². The third-order valence-corrected chi connectivity index (χ3v) is 2.57. The fourth-order valence-corrected chi connectivity index (χ4v) is 1.57. The van der Waals surface area contributed by atoms with Gasteiger partial charge >= 0.3 is 0 Å². The minimum Gasteiger partial charge on any atom is -0.492 e. The molecule has 0 bridgehead atoms. The number of halogens is 1. The number of nitrogens with zero attached hydrogens (tertiary/aromatic N) is 1. The van der Waals surface area contributed by atoms with Gasteiger partial charge in [0.15, 0.2) is 0 Å². The molecule has 0 spiro atoms. The lowest BCUT2D eigenvalue weighted by Gasteiger charge is -2.08. The van der Waals surface area contributed by atoms with Gasteiger partial charge in [0.2, 0.25) is 0 Å². The molecule has 2 rings (SSSR count). The Morgan fingerprint density at radius 1 is 1.17 bits per heavy atom. The Balaban J connectivity index is 1.94. The summed E-state index contributed by atoms with van der Waals surface area (Å²) in [5.41, 5.74) is 0.924. The number of pyridine rings is 1. The highest BCUT2D eigenvalue weighted by Crippen LogP contribution is 2.11. The van der Waals surface area contributed by atoms with Crippen LogP contribution in [0.15, 0.2) is 47.4 Å². The van der Waals surface area contributed by atoms with Crippen LogP contribution in [0.3, 0.4) is 0 Å². The first-order valence-electron chi connectivity index (χ1n) is 5.70. The summed E-state index contributed by atoms with van der Waals surface area (Å²) in [7, 11) is 0. The monoisotopic (exact) mass is 247 g/mol. The lowest BCUT2D eigenvalue weighted by Crippen LogP contribution is -2.22. The van der Waals surface area contributed by atoms with Crippen LogP contribution < -0.4 is 10.3 Å². The van der Waals surface area contributed by atoms with E-state index in [0.29, 0.717) is 13.2 Å². The van der Waals surface area contributed by atoms with Crippen LogP contribution in [-0.4, -0.2) is 11.2 Å². The predicted molar refractivity (Wildman–Crippen MR) is 67.3 cm³/mol. The van der Waals surface area contributed by atoms with Crippen LogP contribution in [-0.2, 0) is 6.54 Å². The Hall–Kier alpha value is -2.10. The highest BCUT2D eigenvalue weighted by Gasteiger charge is 1.99. The van der Waals surface area contributed by atoms with Crippen LogP contribution >= 0.6 is 0 Å². The highest BCUT2D eigenvalue weighted by molar-refractivity contribution is 5.26. The first-order chi connectivity index (χ1) is 8.65. The SMILES string of the molecule is Cc1ccc(OCCn2cc(F)ccc2=O)cc1. The summed E-state index contributed by atoms with van der Waals surface area (Å²) in [4.78, 5) is 11.4. The lowest BCUT2D eigenvalue weighted by atomic mass is 10.2. The summed E-state index contributed by atoms with van der Waals surface area (Å²) < 4.78 is 19.7. The van der Waals surface area contributed by atoms with Crippen LogP contribution in [0.2, 0.25) is 0 Å². The van der Waals surface area contributed by atoms with Gasteiger partial charge in [-0.15, -0.1) is 0 Å². The smallest absolute Gasteiger partial charge is 0.250 e. The van der Waals surface area contributed by atoms with Gasteiger partial charge in [-0.25, -0.2) is 4.39 Å². The van der Waals surface area contributed by atoms with E-state index in [0.717, 1.165) is 17.4 Å². The van der Waals surface area contributed by atoms with Crippen molar-refractivity contribution in [2.45, 2.75) is 13.5 Å². The maximum Gasteiger partial charge on any atom is 0.250 e. The quantitative estimate of drug-likeness (QED) is 0.830. The first kappa shape index (κ1) is 12.4. The van der Waals surface area contributed by atoms with Crippen molar-refractivity contribution in [3.63, 3.8) is 0 Å². The van der Waals surface area contributed by atoms with Crippen molar-refractivity contribution >= 4 is 0 Å². The molecule has 3 nitrogen and oxygen atoms in total. The van der Waals surface area contributed by atoms with Gasteiger partial charge in [0.1, 0.15) is 18.2 Å². The molecule has 1 aromatic carbocycles. The Kier molecular flexibility index (Phi) is 3.77. The molecule has 0 atom stereocenters. The standard InChI is InChI=1S/C14H14FNO2/c1-11-2-5-13(6-3-11)18-9-8-16-10-12(15)4-7-14(16)17/h2-7,10H,8-9H2,1H3. The molecule has 0 N–H and O–H groups in total. The number of aryl methyl sites for hydroxylation is 1. The number of benzene rings is 1. The van der Waals surface area contributed by atoms with Crippen LogP contribution in [0.25, 0.3) is 0 Å². The Morgan fingerprint density at radius 3 is 2.61 bits per heavy atom. The topological polar surface area (TPSA) is 31.2 Å². The fourth-order valence-electron chi connectivity index (χ4n) is 1.57. The number of aromatic nitrogens is 1. The van der Waals surface area contributed by atoms with Crippen molar-refractivity contribution in [1.82, 2.24) is 4.57 Å². The lowest BCUT2D eigenvalue weighted by molar-refractivity contribution is 0.295. The molecule has 0 aliphatic carbocycles. The second-order valence-corrected chi connectivity index (χ2v) is 4.04. The number of hydrogen-bond acceptors (Lipinski definition) is 2. The molecule has 18 heavy (non-hydrogen) atoms. The minimum atomic E-state index is -0.426. The van der Waals surface area contributed by atoms with Crippen molar-refractivity contribution in [2.75, 3.05) is 6.61 Å². The minimum absolute atomic E-state index is 0.232. The zero-order chi connectivity index (χ0) is 13.0. The third-order valence-electron chi connectivity index (χ3n) is 2.57. The summed E-state index contributed by atoms with van der Waals surface area (Å²) in [6, 6.07) is 9.99. The van der Waals surface area contributed by atoms with Crippen LogP contribution in [0.5, 0.6) is 5.75 Å². The Labute approximate surface area is 104 Å². The van der Waals surface area contributed by atoms with Gasteiger partial charge in [-0.2, -0.15) is 0 Å². The normalized spacial score (nSPS) is 10.3. The molecule has 1 heterocycles. The molecule has 0 radical (unpaired) electrons. The number of ether oxygens (including phenoxy) is 1. The molecular weight excluding hydrogens is 233 g/mol. The number of rotatable bonds is 4. The molecule has 0 saturated carbocycles. The third kappa shape index (κ3) is 3.20. The van der Waals surface area contributed by atoms with E-state index < -0.39 is 5.82 Å². The Bertz CT molecular complexity index is 575. The molecule has 1 aromatic heterocycles. The highest BCUT2D eigenvalue weighted by atomic mass is 19.1. The van der Waals surface area contributed by atoms with Gasteiger partial charge in [0, 0.05) is 12.3 Å². The molecule has 0 aliphatic rings. The van der Waals surface area contributed by atoms with Crippen molar-refractivity contribution < 1.29 is 9.13 Å². The van der Waals surface area contributed by atoms with E-state index in [1.165, 1.54) is 16.8 Å². The molecule has 0 aliphatic heterocycles. The van der Waals surface area contributed by atoms with Crippen molar-refractivity contribution in [3.8, 4) is 5.75 Å². The van der Waals surface area contributed by atoms with Gasteiger partial charge in [-0.05, 0) is 25.1 Å². The Morgan fingerprint density at radius 2 is 1.89 bits per heavy atom. The van der Waals surface area contributed by atoms with E-state index in [-0.39, 0.29) is 5.56 Å². The summed E-state index contributed by atoms with van der Waals surface area (Å²) >= 11 is 0. The van der Waals surface area contributed by atoms with Crippen molar-refractivity contribution in [1.29, 1.82) is 0 Å². The van der Waals surface area contributed by atoms with E-state index in [1.807, 2.05) is 31.2 Å². The fraction of sp³-hybridized carbons (Fsp3) is 0.214. The van der Waals surface area contributed by atoms with E-state index in [4.69, 9.17) is 4.74 Å². The average Bonchev–Trinajstić information content (AvgIpc) is 2.36. The maximum atomic E-state index is 12.9. The van der Waals surface area contributed by atoms with E-state index >= 15 is 0 Å². The molecule has 2 aromatic rings. The second-order valence-electron chi connectivity index (χ2n) is 4.04. The van der Waals surface area contributed by atoms with Gasteiger partial charge in [0.05, 0.1) is 6.54 Å².